The maximum atomic E-state index is 10.4. The van der Waals surface area contributed by atoms with Gasteiger partial charge in [-0.25, -0.2) is 4.79 Å². The number of aromatic carboxylic acids is 1. The molecule has 1 aromatic carbocycles. The maximum Gasteiger partial charge on any atom is 0.335 e. The van der Waals surface area contributed by atoms with Gasteiger partial charge in [-0.2, -0.15) is 0 Å². The molecule has 5 heteroatoms. The second kappa shape index (κ2) is 3.44. The van der Waals surface area contributed by atoms with E-state index in [9.17, 15) is 9.70 Å². The maximum absolute atomic E-state index is 10.4. The number of nitroso groups, excluding NO2 is 1. The van der Waals surface area contributed by atoms with Crippen LogP contribution in [-0.2, 0) is 0 Å². The number of nitrogens with zero attached hydrogens (tertiary/aromatic N) is 1. The summed E-state index contributed by atoms with van der Waals surface area (Å²) in [5.41, 5.74) is 0.141. The summed E-state index contributed by atoms with van der Waals surface area (Å²) in [4.78, 5) is 20.6. The third-order valence-corrected chi connectivity index (χ3v) is 1.96. The number of hydrogen-bond acceptors (Lipinski definition) is 3. The highest BCUT2D eigenvalue weighted by Gasteiger charge is 2.06. The van der Waals surface area contributed by atoms with Crippen molar-refractivity contribution in [2.24, 2.45) is 5.18 Å². The molecule has 1 rings (SSSR count). The van der Waals surface area contributed by atoms with Gasteiger partial charge in [-0.3, -0.25) is 0 Å². The van der Waals surface area contributed by atoms with E-state index in [1.807, 2.05) is 0 Å². The zero-order valence-electron chi connectivity index (χ0n) is 5.82. The smallest absolute Gasteiger partial charge is 0.335 e. The van der Waals surface area contributed by atoms with Crippen molar-refractivity contribution in [3.05, 3.63) is 33.1 Å². The fraction of sp³-hybridized carbons (Fsp3) is 0. The lowest BCUT2D eigenvalue weighted by Crippen LogP contribution is -1.94. The van der Waals surface area contributed by atoms with Crippen LogP contribution in [0, 0.1) is 4.91 Å². The number of rotatable bonds is 2. The first kappa shape index (κ1) is 8.86. The quantitative estimate of drug-likeness (QED) is 0.793. The Balaban J connectivity index is 3.22. The molecule has 1 aromatic rings. The molecule has 0 aliphatic rings. The molecular weight excluding hydrogens is 226 g/mol. The van der Waals surface area contributed by atoms with Crippen LogP contribution in [0.1, 0.15) is 10.4 Å². The lowest BCUT2D eigenvalue weighted by molar-refractivity contribution is 0.0697. The predicted octanol–water partition coefficient (Wildman–Crippen LogP) is 2.55. The van der Waals surface area contributed by atoms with E-state index in [4.69, 9.17) is 5.11 Å². The summed E-state index contributed by atoms with van der Waals surface area (Å²) in [7, 11) is 0. The van der Waals surface area contributed by atoms with Gasteiger partial charge < -0.3 is 5.11 Å². The molecule has 4 nitrogen and oxygen atoms in total. The number of carbonyl (C=O) groups is 1. The van der Waals surface area contributed by atoms with Crippen LogP contribution in [0.15, 0.2) is 27.8 Å². The second-order valence-electron chi connectivity index (χ2n) is 2.06. The molecule has 0 aliphatic carbocycles. The Morgan fingerprint density at radius 1 is 1.50 bits per heavy atom. The Hall–Kier alpha value is -1.23. The van der Waals surface area contributed by atoms with Gasteiger partial charge >= 0.3 is 5.97 Å². The van der Waals surface area contributed by atoms with E-state index < -0.39 is 5.97 Å². The van der Waals surface area contributed by atoms with Crippen LogP contribution in [0.3, 0.4) is 0 Å². The van der Waals surface area contributed by atoms with Crippen LogP contribution in [0.5, 0.6) is 0 Å². The summed E-state index contributed by atoms with van der Waals surface area (Å²) >= 11 is 3.05. The largest absolute Gasteiger partial charge is 0.478 e. The zero-order valence-corrected chi connectivity index (χ0v) is 7.41. The standard InChI is InChI=1S/C7H4BrNO3/c8-5-2-1-4(7(10)11)3-6(5)9-12/h1-3H,(H,10,11). The molecule has 0 unspecified atom stereocenters. The van der Waals surface area contributed by atoms with Crippen LogP contribution >= 0.6 is 15.9 Å². The summed E-state index contributed by atoms with van der Waals surface area (Å²) in [5, 5.41) is 11.2. The van der Waals surface area contributed by atoms with E-state index in [0.29, 0.717) is 4.47 Å². The highest BCUT2D eigenvalue weighted by atomic mass is 79.9. The van der Waals surface area contributed by atoms with Crippen molar-refractivity contribution in [2.75, 3.05) is 0 Å². The Labute approximate surface area is 76.3 Å². The molecule has 0 aliphatic heterocycles. The second-order valence-corrected chi connectivity index (χ2v) is 2.92. The molecule has 0 amide bonds. The average Bonchev–Trinajstić information content (AvgIpc) is 2.05. The number of hydrogen-bond donors (Lipinski definition) is 1. The summed E-state index contributed by atoms with van der Waals surface area (Å²) in [6, 6.07) is 4.07. The van der Waals surface area contributed by atoms with E-state index in [-0.39, 0.29) is 11.3 Å². The molecule has 0 saturated carbocycles. The summed E-state index contributed by atoms with van der Waals surface area (Å²) in [6.07, 6.45) is 0. The van der Waals surface area contributed by atoms with Gasteiger partial charge in [-0.15, -0.1) is 4.91 Å². The molecule has 0 saturated heterocycles. The first-order chi connectivity index (χ1) is 5.65. The van der Waals surface area contributed by atoms with Crippen LogP contribution < -0.4 is 0 Å². The number of benzene rings is 1. The van der Waals surface area contributed by atoms with Crippen molar-refractivity contribution in [3.63, 3.8) is 0 Å². The van der Waals surface area contributed by atoms with Gasteiger partial charge in [0.25, 0.3) is 0 Å². The van der Waals surface area contributed by atoms with Crippen molar-refractivity contribution in [1.82, 2.24) is 0 Å². The number of carboxylic acids is 1. The van der Waals surface area contributed by atoms with E-state index in [2.05, 4.69) is 21.1 Å². The summed E-state index contributed by atoms with van der Waals surface area (Å²) in [5.74, 6) is -1.08. The van der Waals surface area contributed by atoms with Gasteiger partial charge in [-0.05, 0) is 39.3 Å². The molecule has 0 fully saturated rings. The minimum atomic E-state index is -1.08. The Morgan fingerprint density at radius 2 is 2.17 bits per heavy atom. The average molecular weight is 230 g/mol. The minimum Gasteiger partial charge on any atom is -0.478 e. The zero-order chi connectivity index (χ0) is 9.14. The Morgan fingerprint density at radius 3 is 2.67 bits per heavy atom. The van der Waals surface area contributed by atoms with Crippen LogP contribution in [0.25, 0.3) is 0 Å². The van der Waals surface area contributed by atoms with E-state index in [1.165, 1.54) is 18.2 Å². The summed E-state index contributed by atoms with van der Waals surface area (Å²) < 4.78 is 0.488. The van der Waals surface area contributed by atoms with Crippen molar-refractivity contribution in [1.29, 1.82) is 0 Å². The van der Waals surface area contributed by atoms with Gasteiger partial charge in [0, 0.05) is 4.47 Å². The SMILES string of the molecule is O=Nc1cc(C(=O)O)ccc1Br. The topological polar surface area (TPSA) is 66.7 Å². The van der Waals surface area contributed by atoms with Gasteiger partial charge in [0.15, 0.2) is 0 Å². The van der Waals surface area contributed by atoms with Gasteiger partial charge in [0.2, 0.25) is 0 Å². The van der Waals surface area contributed by atoms with Crippen LogP contribution in [0.4, 0.5) is 5.69 Å². The molecule has 0 heterocycles. The number of carboxylic acid groups (broad SMARTS) is 1. The van der Waals surface area contributed by atoms with Crippen molar-refractivity contribution in [2.45, 2.75) is 0 Å². The van der Waals surface area contributed by atoms with Crippen LogP contribution in [0.2, 0.25) is 0 Å². The molecule has 62 valence electrons. The summed E-state index contributed by atoms with van der Waals surface area (Å²) in [6.45, 7) is 0. The van der Waals surface area contributed by atoms with Crippen molar-refractivity contribution >= 4 is 27.6 Å². The minimum absolute atomic E-state index is 0.0489. The van der Waals surface area contributed by atoms with Gasteiger partial charge in [0.05, 0.1) is 5.56 Å². The first-order valence-corrected chi connectivity index (χ1v) is 3.80. The monoisotopic (exact) mass is 229 g/mol. The molecule has 0 radical (unpaired) electrons. The molecule has 0 spiro atoms. The Kier molecular flexibility index (Phi) is 2.54. The number of halogens is 1. The molecule has 0 atom stereocenters. The third-order valence-electron chi connectivity index (χ3n) is 1.29. The first-order valence-electron chi connectivity index (χ1n) is 3.01. The Bertz CT molecular complexity index is 337. The van der Waals surface area contributed by atoms with Gasteiger partial charge in [0.1, 0.15) is 5.69 Å². The predicted molar refractivity (Wildman–Crippen MR) is 46.6 cm³/mol. The van der Waals surface area contributed by atoms with E-state index in [1.54, 1.807) is 0 Å². The highest BCUT2D eigenvalue weighted by molar-refractivity contribution is 9.10. The molecule has 1 N–H and O–H groups in total. The van der Waals surface area contributed by atoms with Crippen molar-refractivity contribution in [3.8, 4) is 0 Å². The van der Waals surface area contributed by atoms with Crippen molar-refractivity contribution < 1.29 is 9.90 Å². The van der Waals surface area contributed by atoms with E-state index in [0.717, 1.165) is 0 Å². The molecule has 12 heavy (non-hydrogen) atoms. The molecule has 0 aromatic heterocycles. The fourth-order valence-corrected chi connectivity index (χ4v) is 1.03. The van der Waals surface area contributed by atoms with Gasteiger partial charge in [-0.1, -0.05) is 0 Å². The lowest BCUT2D eigenvalue weighted by Gasteiger charge is -1.96. The lowest BCUT2D eigenvalue weighted by atomic mass is 10.2. The fourth-order valence-electron chi connectivity index (χ4n) is 0.716. The van der Waals surface area contributed by atoms with Crippen LogP contribution in [-0.4, -0.2) is 11.1 Å². The normalized spacial score (nSPS) is 9.42. The third kappa shape index (κ3) is 1.68. The highest BCUT2D eigenvalue weighted by Crippen LogP contribution is 2.25. The molecule has 0 bridgehead atoms. The molecular formula is C7H4BrNO3. The van der Waals surface area contributed by atoms with E-state index >= 15 is 0 Å².